The van der Waals surface area contributed by atoms with Crippen molar-refractivity contribution in [3.8, 4) is 11.5 Å². The third kappa shape index (κ3) is 5.82. The normalized spacial score (nSPS) is 10.5. The first-order chi connectivity index (χ1) is 12.9. The van der Waals surface area contributed by atoms with Crippen molar-refractivity contribution in [2.75, 3.05) is 19.0 Å². The Balaban J connectivity index is 2.06. The predicted octanol–water partition coefficient (Wildman–Crippen LogP) is 3.58. The summed E-state index contributed by atoms with van der Waals surface area (Å²) in [7, 11) is 1.56. The Hall–Kier alpha value is -2.87. The molecule has 0 atom stereocenters. The summed E-state index contributed by atoms with van der Waals surface area (Å²) >= 11 is 3.43. The number of methoxy groups -OCH3 is 1. The van der Waals surface area contributed by atoms with Gasteiger partial charge in [0.15, 0.2) is 11.5 Å². The van der Waals surface area contributed by atoms with Crippen LogP contribution in [0.4, 0.5) is 5.69 Å². The van der Waals surface area contributed by atoms with Gasteiger partial charge in [-0.25, -0.2) is 5.43 Å². The van der Waals surface area contributed by atoms with Gasteiger partial charge in [0, 0.05) is 18.2 Å². The van der Waals surface area contributed by atoms with Gasteiger partial charge < -0.3 is 14.8 Å². The molecule has 0 heterocycles. The molecule has 0 unspecified atom stereocenters. The summed E-state index contributed by atoms with van der Waals surface area (Å²) in [4.78, 5) is 23.1. The fraction of sp³-hybridized carbons (Fsp3) is 0.211. The number of hydrogen-bond acceptors (Lipinski definition) is 5. The zero-order chi connectivity index (χ0) is 19.8. The molecule has 7 nitrogen and oxygen atoms in total. The first-order valence-electron chi connectivity index (χ1n) is 8.16. The van der Waals surface area contributed by atoms with Crippen LogP contribution in [-0.2, 0) is 4.79 Å². The number of nitrogens with zero attached hydrogens (tertiary/aromatic N) is 1. The first kappa shape index (κ1) is 20.4. The number of hydrazone groups is 1. The molecule has 0 radical (unpaired) electrons. The van der Waals surface area contributed by atoms with Gasteiger partial charge in [0.25, 0.3) is 5.91 Å². The number of ether oxygens (including phenoxy) is 2. The third-order valence-corrected chi connectivity index (χ3v) is 3.97. The number of anilines is 1. The van der Waals surface area contributed by atoms with Crippen LogP contribution in [0.5, 0.6) is 11.5 Å². The largest absolute Gasteiger partial charge is 0.492 e. The number of halogens is 1. The Morgan fingerprint density at radius 3 is 2.52 bits per heavy atom. The summed E-state index contributed by atoms with van der Waals surface area (Å²) in [5, 5.41) is 6.61. The minimum absolute atomic E-state index is 0.172. The highest BCUT2D eigenvalue weighted by atomic mass is 79.9. The highest BCUT2D eigenvalue weighted by Gasteiger charge is 2.10. The maximum Gasteiger partial charge on any atom is 0.271 e. The lowest BCUT2D eigenvalue weighted by atomic mass is 10.2. The van der Waals surface area contributed by atoms with Crippen molar-refractivity contribution in [3.63, 3.8) is 0 Å². The molecule has 0 saturated carbocycles. The second-order valence-corrected chi connectivity index (χ2v) is 6.28. The van der Waals surface area contributed by atoms with Crippen LogP contribution in [0.25, 0.3) is 0 Å². The van der Waals surface area contributed by atoms with Crippen LogP contribution in [0.15, 0.2) is 46.0 Å². The van der Waals surface area contributed by atoms with Crippen LogP contribution in [-0.4, -0.2) is 31.7 Å². The van der Waals surface area contributed by atoms with E-state index >= 15 is 0 Å². The van der Waals surface area contributed by atoms with Crippen molar-refractivity contribution in [3.05, 3.63) is 52.0 Å². The highest BCUT2D eigenvalue weighted by molar-refractivity contribution is 9.10. The minimum Gasteiger partial charge on any atom is -0.492 e. The maximum atomic E-state index is 12.1. The van der Waals surface area contributed by atoms with E-state index in [9.17, 15) is 9.59 Å². The number of carbonyl (C=O) groups excluding carboxylic acids is 2. The first-order valence-corrected chi connectivity index (χ1v) is 8.95. The van der Waals surface area contributed by atoms with Gasteiger partial charge in [-0.05, 0) is 64.8 Å². The predicted molar refractivity (Wildman–Crippen MR) is 108 cm³/mol. The minimum atomic E-state index is -0.363. The van der Waals surface area contributed by atoms with Gasteiger partial charge in [-0.1, -0.05) is 0 Å². The van der Waals surface area contributed by atoms with Crippen LogP contribution < -0.4 is 20.2 Å². The van der Waals surface area contributed by atoms with Crippen LogP contribution in [0.3, 0.4) is 0 Å². The van der Waals surface area contributed by atoms with Gasteiger partial charge in [0.05, 0.1) is 24.4 Å². The van der Waals surface area contributed by atoms with E-state index in [0.29, 0.717) is 29.4 Å². The standard InChI is InChI=1S/C19H20BrN3O4/c1-4-27-17-10-13(9-16(20)18(17)26-3)11-21-23-19(25)14-5-7-15(8-6-14)22-12(2)24/h5-11H,4H2,1-3H3,(H,22,24)(H,23,25)/b21-11-. The van der Waals surface area contributed by atoms with Crippen LogP contribution in [0.1, 0.15) is 29.8 Å². The molecular formula is C19H20BrN3O4. The second kappa shape index (κ2) is 9.72. The van der Waals surface area contributed by atoms with Crippen molar-refractivity contribution < 1.29 is 19.1 Å². The topological polar surface area (TPSA) is 89.0 Å². The molecule has 2 aromatic carbocycles. The van der Waals surface area contributed by atoms with Gasteiger partial charge in [-0.2, -0.15) is 5.10 Å². The van der Waals surface area contributed by atoms with Crippen LogP contribution in [0.2, 0.25) is 0 Å². The van der Waals surface area contributed by atoms with E-state index in [1.54, 1.807) is 43.5 Å². The average molecular weight is 434 g/mol. The van der Waals surface area contributed by atoms with E-state index in [0.717, 1.165) is 10.0 Å². The molecule has 2 amide bonds. The Morgan fingerprint density at radius 2 is 1.93 bits per heavy atom. The monoisotopic (exact) mass is 433 g/mol. The fourth-order valence-corrected chi connectivity index (χ4v) is 2.88. The lowest BCUT2D eigenvalue weighted by Gasteiger charge is -2.11. The zero-order valence-electron chi connectivity index (χ0n) is 15.2. The molecule has 2 rings (SSSR count). The summed E-state index contributed by atoms with van der Waals surface area (Å²) in [6.45, 7) is 3.80. The Bertz CT molecular complexity index is 851. The van der Waals surface area contributed by atoms with Gasteiger partial charge >= 0.3 is 0 Å². The van der Waals surface area contributed by atoms with E-state index in [1.165, 1.54) is 13.1 Å². The summed E-state index contributed by atoms with van der Waals surface area (Å²) < 4.78 is 11.6. The summed E-state index contributed by atoms with van der Waals surface area (Å²) in [5.74, 6) is 0.639. The highest BCUT2D eigenvalue weighted by Crippen LogP contribution is 2.36. The van der Waals surface area contributed by atoms with E-state index in [1.807, 2.05) is 6.92 Å². The third-order valence-electron chi connectivity index (χ3n) is 3.38. The Morgan fingerprint density at radius 1 is 1.22 bits per heavy atom. The molecule has 0 saturated heterocycles. The number of amides is 2. The summed E-state index contributed by atoms with van der Waals surface area (Å²) in [6.07, 6.45) is 1.51. The SMILES string of the molecule is CCOc1cc(/C=N\NC(=O)c2ccc(NC(C)=O)cc2)cc(Br)c1OC. The molecule has 0 aliphatic heterocycles. The lowest BCUT2D eigenvalue weighted by molar-refractivity contribution is -0.114. The van der Waals surface area contributed by atoms with E-state index in [4.69, 9.17) is 9.47 Å². The molecule has 0 fully saturated rings. The molecular weight excluding hydrogens is 414 g/mol. The number of hydrogen-bond donors (Lipinski definition) is 2. The van der Waals surface area contributed by atoms with Gasteiger partial charge in [-0.15, -0.1) is 0 Å². The van der Waals surface area contributed by atoms with Gasteiger partial charge in [0.2, 0.25) is 5.91 Å². The molecule has 2 aromatic rings. The molecule has 0 bridgehead atoms. The van der Waals surface area contributed by atoms with Gasteiger partial charge in [0.1, 0.15) is 0 Å². The average Bonchev–Trinajstić information content (AvgIpc) is 2.62. The molecule has 142 valence electrons. The molecule has 0 aromatic heterocycles. The molecule has 0 spiro atoms. The van der Waals surface area contributed by atoms with Crippen molar-refractivity contribution in [2.24, 2.45) is 5.10 Å². The van der Waals surface area contributed by atoms with Crippen molar-refractivity contribution >= 4 is 39.6 Å². The molecule has 27 heavy (non-hydrogen) atoms. The van der Waals surface area contributed by atoms with E-state index in [2.05, 4.69) is 31.8 Å². The maximum absolute atomic E-state index is 12.1. The Labute approximate surface area is 165 Å². The molecule has 0 aliphatic rings. The quantitative estimate of drug-likeness (QED) is 0.515. The summed E-state index contributed by atoms with van der Waals surface area (Å²) in [5.41, 5.74) is 4.23. The van der Waals surface area contributed by atoms with Crippen LogP contribution >= 0.6 is 15.9 Å². The Kier molecular flexibility index (Phi) is 7.36. The zero-order valence-corrected chi connectivity index (χ0v) is 16.8. The number of rotatable bonds is 7. The number of benzene rings is 2. The van der Waals surface area contributed by atoms with Crippen molar-refractivity contribution in [1.82, 2.24) is 5.43 Å². The van der Waals surface area contributed by atoms with Crippen molar-refractivity contribution in [2.45, 2.75) is 13.8 Å². The smallest absolute Gasteiger partial charge is 0.271 e. The number of carbonyl (C=O) groups is 2. The summed E-state index contributed by atoms with van der Waals surface area (Å²) in [6, 6.07) is 10.1. The fourth-order valence-electron chi connectivity index (χ4n) is 2.26. The van der Waals surface area contributed by atoms with Crippen LogP contribution in [0, 0.1) is 0 Å². The van der Waals surface area contributed by atoms with Crippen molar-refractivity contribution in [1.29, 1.82) is 0 Å². The second-order valence-electron chi connectivity index (χ2n) is 5.42. The molecule has 2 N–H and O–H groups in total. The van der Waals surface area contributed by atoms with E-state index in [-0.39, 0.29) is 11.8 Å². The molecule has 8 heteroatoms. The lowest BCUT2D eigenvalue weighted by Crippen LogP contribution is -2.17. The number of nitrogens with one attached hydrogen (secondary N) is 2. The van der Waals surface area contributed by atoms with E-state index < -0.39 is 0 Å². The van der Waals surface area contributed by atoms with Gasteiger partial charge in [-0.3, -0.25) is 9.59 Å². The molecule has 0 aliphatic carbocycles.